The largest absolute Gasteiger partial charge is 0.493 e. The number of carbonyl (C=O) groups excluding carboxylic acids is 1. The first kappa shape index (κ1) is 18.9. The average Bonchev–Trinajstić information content (AvgIpc) is 3.01. The molecule has 2 heterocycles. The lowest BCUT2D eigenvalue weighted by Gasteiger charge is -2.22. The minimum absolute atomic E-state index is 0.00371. The molecule has 142 valence electrons. The van der Waals surface area contributed by atoms with Crippen molar-refractivity contribution in [3.05, 3.63) is 34.4 Å². The van der Waals surface area contributed by atoms with E-state index in [0.29, 0.717) is 41.1 Å². The van der Waals surface area contributed by atoms with E-state index in [1.54, 1.807) is 19.9 Å². The number of allylic oxidation sites excluding steroid dienone is 1. The molecule has 0 bridgehead atoms. The Labute approximate surface area is 156 Å². The van der Waals surface area contributed by atoms with E-state index in [1.807, 2.05) is 6.92 Å². The number of sulfone groups is 1. The van der Waals surface area contributed by atoms with Gasteiger partial charge in [0.2, 0.25) is 15.7 Å². The highest BCUT2D eigenvalue weighted by Gasteiger charge is 2.36. The summed E-state index contributed by atoms with van der Waals surface area (Å²) in [4.78, 5) is 15.9. The molecule has 1 aromatic carbocycles. The summed E-state index contributed by atoms with van der Waals surface area (Å²) in [6, 6.07) is 3.00. The molecule has 1 aliphatic rings. The van der Waals surface area contributed by atoms with Gasteiger partial charge in [-0.3, -0.25) is 0 Å². The van der Waals surface area contributed by atoms with Crippen molar-refractivity contribution in [2.24, 2.45) is 5.16 Å². The third kappa shape index (κ3) is 2.94. The van der Waals surface area contributed by atoms with Crippen LogP contribution in [0.25, 0.3) is 11.1 Å². The SMILES string of the molecule is CCON=C1CC(=C=O)S(=O)(=O)c2ccc(-c3cnn(CC)c3O)c(C)c21. The monoisotopic (exact) mass is 389 g/mol. The van der Waals surface area contributed by atoms with Gasteiger partial charge in [0.15, 0.2) is 0 Å². The Morgan fingerprint density at radius 1 is 1.33 bits per heavy atom. The zero-order chi connectivity index (χ0) is 19.8. The van der Waals surface area contributed by atoms with Gasteiger partial charge in [0.25, 0.3) is 0 Å². The third-order valence-corrected chi connectivity index (χ3v) is 6.27. The van der Waals surface area contributed by atoms with E-state index in [2.05, 4.69) is 10.3 Å². The molecule has 1 aliphatic heterocycles. The summed E-state index contributed by atoms with van der Waals surface area (Å²) in [7, 11) is -3.95. The molecule has 0 amide bonds. The molecule has 0 spiro atoms. The molecule has 0 fully saturated rings. The van der Waals surface area contributed by atoms with Crippen LogP contribution in [0, 0.1) is 6.92 Å². The van der Waals surface area contributed by atoms with Crippen LogP contribution in [0.4, 0.5) is 0 Å². The van der Waals surface area contributed by atoms with Crippen molar-refractivity contribution in [2.75, 3.05) is 6.61 Å². The zero-order valence-electron chi connectivity index (χ0n) is 15.2. The Morgan fingerprint density at radius 3 is 2.67 bits per heavy atom. The van der Waals surface area contributed by atoms with Crippen LogP contribution in [0.5, 0.6) is 5.88 Å². The molecule has 2 aromatic rings. The van der Waals surface area contributed by atoms with Crippen LogP contribution in [0.2, 0.25) is 0 Å². The van der Waals surface area contributed by atoms with Crippen molar-refractivity contribution in [1.82, 2.24) is 9.78 Å². The van der Waals surface area contributed by atoms with Gasteiger partial charge in [-0.15, -0.1) is 0 Å². The minimum atomic E-state index is -3.95. The zero-order valence-corrected chi connectivity index (χ0v) is 16.0. The summed E-state index contributed by atoms with van der Waals surface area (Å²) in [6.07, 6.45) is 1.34. The van der Waals surface area contributed by atoms with Crippen LogP contribution in [-0.2, 0) is 26.0 Å². The molecule has 0 radical (unpaired) electrons. The first-order chi connectivity index (χ1) is 12.9. The Morgan fingerprint density at radius 2 is 2.07 bits per heavy atom. The summed E-state index contributed by atoms with van der Waals surface area (Å²) in [6.45, 7) is 6.14. The Hall–Kier alpha value is -2.90. The van der Waals surface area contributed by atoms with E-state index < -0.39 is 9.84 Å². The maximum Gasteiger partial charge on any atom is 0.217 e. The van der Waals surface area contributed by atoms with Gasteiger partial charge in [0.1, 0.15) is 17.5 Å². The highest BCUT2D eigenvalue weighted by Crippen LogP contribution is 2.39. The van der Waals surface area contributed by atoms with Gasteiger partial charge < -0.3 is 9.94 Å². The molecule has 0 atom stereocenters. The number of aromatic hydroxyl groups is 1. The second-order valence-electron chi connectivity index (χ2n) is 5.97. The molecular weight excluding hydrogens is 370 g/mol. The van der Waals surface area contributed by atoms with Crippen molar-refractivity contribution in [2.45, 2.75) is 38.6 Å². The number of hydrogen-bond donors (Lipinski definition) is 1. The first-order valence-electron chi connectivity index (χ1n) is 8.43. The molecule has 8 nitrogen and oxygen atoms in total. The van der Waals surface area contributed by atoms with E-state index in [-0.39, 0.29) is 22.1 Å². The summed E-state index contributed by atoms with van der Waals surface area (Å²) in [5.41, 5.74) is 2.43. The minimum Gasteiger partial charge on any atom is -0.493 e. The molecule has 1 aromatic heterocycles. The smallest absolute Gasteiger partial charge is 0.217 e. The van der Waals surface area contributed by atoms with Crippen LogP contribution in [-0.4, -0.2) is 41.6 Å². The van der Waals surface area contributed by atoms with Crippen molar-refractivity contribution >= 4 is 21.5 Å². The fourth-order valence-corrected chi connectivity index (χ4v) is 4.63. The quantitative estimate of drug-likeness (QED) is 0.634. The number of benzene rings is 1. The number of aromatic nitrogens is 2. The predicted octanol–water partition coefficient (Wildman–Crippen LogP) is 2.22. The van der Waals surface area contributed by atoms with Crippen LogP contribution < -0.4 is 0 Å². The van der Waals surface area contributed by atoms with E-state index in [9.17, 15) is 18.3 Å². The highest BCUT2D eigenvalue weighted by atomic mass is 32.2. The molecule has 0 saturated carbocycles. The van der Waals surface area contributed by atoms with Crippen molar-refractivity contribution < 1.29 is 23.2 Å². The van der Waals surface area contributed by atoms with Crippen LogP contribution in [0.15, 0.2) is 33.3 Å². The van der Waals surface area contributed by atoms with E-state index in [4.69, 9.17) is 4.84 Å². The van der Waals surface area contributed by atoms with E-state index >= 15 is 0 Å². The predicted molar refractivity (Wildman–Crippen MR) is 98.9 cm³/mol. The Kier molecular flexibility index (Phi) is 4.91. The number of fused-ring (bicyclic) bond motifs is 1. The lowest BCUT2D eigenvalue weighted by Crippen LogP contribution is -2.22. The van der Waals surface area contributed by atoms with Gasteiger partial charge in [0.05, 0.1) is 22.4 Å². The Balaban J connectivity index is 2.31. The second-order valence-corrected chi connectivity index (χ2v) is 7.91. The molecule has 3 rings (SSSR count). The van der Waals surface area contributed by atoms with E-state index in [1.165, 1.54) is 22.9 Å². The second kappa shape index (κ2) is 7.02. The molecule has 0 saturated heterocycles. The fourth-order valence-electron chi connectivity index (χ4n) is 3.14. The summed E-state index contributed by atoms with van der Waals surface area (Å²) in [5.74, 6) is 1.51. The van der Waals surface area contributed by atoms with Gasteiger partial charge >= 0.3 is 0 Å². The molecular formula is C18H19N3O5S. The maximum absolute atomic E-state index is 12.7. The number of hydrogen-bond acceptors (Lipinski definition) is 7. The lowest BCUT2D eigenvalue weighted by atomic mass is 9.94. The van der Waals surface area contributed by atoms with Crippen LogP contribution >= 0.6 is 0 Å². The van der Waals surface area contributed by atoms with Crippen LogP contribution in [0.1, 0.15) is 31.4 Å². The van der Waals surface area contributed by atoms with Gasteiger partial charge in [-0.1, -0.05) is 11.2 Å². The van der Waals surface area contributed by atoms with Gasteiger partial charge in [-0.2, -0.15) is 5.10 Å². The molecule has 1 N–H and O–H groups in total. The maximum atomic E-state index is 12.7. The molecule has 0 unspecified atom stereocenters. The van der Waals surface area contributed by atoms with Crippen LogP contribution in [0.3, 0.4) is 0 Å². The van der Waals surface area contributed by atoms with Crippen molar-refractivity contribution in [1.29, 1.82) is 0 Å². The molecule has 0 aliphatic carbocycles. The number of nitrogens with zero attached hydrogens (tertiary/aromatic N) is 3. The standard InChI is InChI=1S/C18H19N3O5S/c1-4-21-18(23)14(9-19-21)13-6-7-16-17(11(13)3)15(20-26-5-2)8-12(10-22)27(16,24)25/h6-7,9,23H,4-5,8H2,1-3H3. The molecule has 9 heteroatoms. The summed E-state index contributed by atoms with van der Waals surface area (Å²) >= 11 is 0. The molecule has 27 heavy (non-hydrogen) atoms. The fraction of sp³-hybridized carbons (Fsp3) is 0.333. The summed E-state index contributed by atoms with van der Waals surface area (Å²) in [5, 5.41) is 18.5. The van der Waals surface area contributed by atoms with Gasteiger partial charge in [-0.05, 0) is 38.0 Å². The normalized spacial score (nSPS) is 16.9. The average molecular weight is 389 g/mol. The van der Waals surface area contributed by atoms with Gasteiger partial charge in [0, 0.05) is 18.5 Å². The summed E-state index contributed by atoms with van der Waals surface area (Å²) < 4.78 is 26.9. The van der Waals surface area contributed by atoms with Gasteiger partial charge in [-0.25, -0.2) is 17.9 Å². The highest BCUT2D eigenvalue weighted by molar-refractivity contribution is 7.95. The van der Waals surface area contributed by atoms with E-state index in [0.717, 1.165) is 0 Å². The first-order valence-corrected chi connectivity index (χ1v) is 9.92. The lowest BCUT2D eigenvalue weighted by molar-refractivity contribution is 0.158. The number of oxime groups is 1. The third-order valence-electron chi connectivity index (χ3n) is 4.48. The topological polar surface area (TPSA) is 111 Å². The Bertz CT molecular complexity index is 1090. The van der Waals surface area contributed by atoms with Crippen molar-refractivity contribution in [3.63, 3.8) is 0 Å². The van der Waals surface area contributed by atoms with Crippen molar-refractivity contribution in [3.8, 4) is 17.0 Å². The number of aryl methyl sites for hydroxylation is 1. The number of rotatable bonds is 4.